The summed E-state index contributed by atoms with van der Waals surface area (Å²) in [6, 6.07) is 13.1. The Morgan fingerprint density at radius 3 is 2.47 bits per heavy atom. The zero-order valence-corrected chi connectivity index (χ0v) is 17.6. The molecule has 0 unspecified atom stereocenters. The lowest BCUT2D eigenvalue weighted by Gasteiger charge is -2.29. The van der Waals surface area contributed by atoms with Gasteiger partial charge in [0.05, 0.1) is 31.1 Å². The molecule has 0 bridgehead atoms. The number of carbonyl (C=O) groups is 2. The minimum atomic E-state index is -0.304. The zero-order chi connectivity index (χ0) is 21.3. The van der Waals surface area contributed by atoms with Crippen LogP contribution in [0.15, 0.2) is 48.2 Å². The molecule has 6 heteroatoms. The number of aryl methyl sites for hydroxylation is 2. The van der Waals surface area contributed by atoms with Gasteiger partial charge in [-0.1, -0.05) is 29.8 Å². The third-order valence-corrected chi connectivity index (χ3v) is 5.42. The van der Waals surface area contributed by atoms with Crippen molar-refractivity contribution in [3.63, 3.8) is 0 Å². The molecule has 0 saturated carbocycles. The summed E-state index contributed by atoms with van der Waals surface area (Å²) in [5.74, 6) is 0.0242. The lowest BCUT2D eigenvalue weighted by molar-refractivity contribution is -0.121. The highest BCUT2D eigenvalue weighted by Crippen LogP contribution is 2.37. The van der Waals surface area contributed by atoms with Crippen LogP contribution in [0.4, 0.5) is 5.69 Å². The second-order valence-corrected chi connectivity index (χ2v) is 7.52. The molecule has 0 N–H and O–H groups in total. The van der Waals surface area contributed by atoms with E-state index < -0.39 is 0 Å². The van der Waals surface area contributed by atoms with E-state index in [0.29, 0.717) is 55.6 Å². The lowest BCUT2D eigenvalue weighted by Crippen LogP contribution is -2.40. The highest BCUT2D eigenvalue weighted by atomic mass is 16.5. The van der Waals surface area contributed by atoms with Gasteiger partial charge in [0.2, 0.25) is 0 Å². The molecule has 2 aliphatic rings. The van der Waals surface area contributed by atoms with Crippen molar-refractivity contribution in [1.82, 2.24) is 4.90 Å². The van der Waals surface area contributed by atoms with Gasteiger partial charge < -0.3 is 14.4 Å². The topological polar surface area (TPSA) is 59.1 Å². The van der Waals surface area contributed by atoms with Gasteiger partial charge in [0.1, 0.15) is 11.4 Å². The summed E-state index contributed by atoms with van der Waals surface area (Å²) >= 11 is 0. The minimum Gasteiger partial charge on any atom is -0.494 e. The number of rotatable bonds is 5. The maximum atomic E-state index is 13.6. The quantitative estimate of drug-likeness (QED) is 0.713. The maximum absolute atomic E-state index is 13.6. The number of carbonyl (C=O) groups excluding carboxylic acids is 2. The molecule has 156 valence electrons. The zero-order valence-electron chi connectivity index (χ0n) is 17.6. The molecule has 2 heterocycles. The molecule has 6 nitrogen and oxygen atoms in total. The van der Waals surface area contributed by atoms with Crippen LogP contribution in [0.5, 0.6) is 5.75 Å². The Hall–Kier alpha value is -3.12. The van der Waals surface area contributed by atoms with Gasteiger partial charge in [0, 0.05) is 19.2 Å². The largest absolute Gasteiger partial charge is 0.494 e. The first kappa shape index (κ1) is 20.2. The van der Waals surface area contributed by atoms with Gasteiger partial charge in [-0.2, -0.15) is 0 Å². The molecule has 30 heavy (non-hydrogen) atoms. The number of hydrogen-bond acceptors (Lipinski definition) is 5. The molecule has 0 aliphatic carbocycles. The van der Waals surface area contributed by atoms with Crippen LogP contribution in [0.2, 0.25) is 0 Å². The second-order valence-electron chi connectivity index (χ2n) is 7.52. The normalized spacial score (nSPS) is 17.2. The van der Waals surface area contributed by atoms with Crippen LogP contribution in [0.3, 0.4) is 0 Å². The van der Waals surface area contributed by atoms with Crippen molar-refractivity contribution in [3.8, 4) is 5.75 Å². The third-order valence-electron chi connectivity index (χ3n) is 5.42. The van der Waals surface area contributed by atoms with Crippen LogP contribution in [-0.2, 0) is 14.3 Å². The monoisotopic (exact) mass is 406 g/mol. The molecule has 2 aromatic rings. The van der Waals surface area contributed by atoms with E-state index >= 15 is 0 Å². The van der Waals surface area contributed by atoms with E-state index in [2.05, 4.69) is 0 Å². The molecule has 2 aliphatic heterocycles. The number of nitrogens with zero attached hydrogens (tertiary/aromatic N) is 2. The van der Waals surface area contributed by atoms with Crippen molar-refractivity contribution in [1.29, 1.82) is 0 Å². The molecule has 2 amide bonds. The standard InChI is InChI=1S/C24H26N2O4/c1-4-30-19-7-5-6-18(15-19)26-23(27)21(20-9-8-16(2)14-17(20)3)22(24(26)28)25-10-12-29-13-11-25/h5-9,14-15H,4,10-13H2,1-3H3. The first-order valence-corrected chi connectivity index (χ1v) is 10.3. The summed E-state index contributed by atoms with van der Waals surface area (Å²) in [5.41, 5.74) is 4.31. The Morgan fingerprint density at radius 1 is 1.00 bits per heavy atom. The number of benzene rings is 2. The predicted octanol–water partition coefficient (Wildman–Crippen LogP) is 3.32. The summed E-state index contributed by atoms with van der Waals surface area (Å²) in [6.45, 7) is 8.62. The van der Waals surface area contributed by atoms with E-state index in [9.17, 15) is 9.59 Å². The smallest absolute Gasteiger partial charge is 0.282 e. The van der Waals surface area contributed by atoms with Gasteiger partial charge in [-0.3, -0.25) is 9.59 Å². The Kier molecular flexibility index (Phi) is 5.59. The van der Waals surface area contributed by atoms with Crippen molar-refractivity contribution >= 4 is 23.1 Å². The van der Waals surface area contributed by atoms with Crippen molar-refractivity contribution < 1.29 is 19.1 Å². The number of anilines is 1. The second kappa shape index (κ2) is 8.32. The van der Waals surface area contributed by atoms with Gasteiger partial charge in [0.15, 0.2) is 0 Å². The summed E-state index contributed by atoms with van der Waals surface area (Å²) in [6.07, 6.45) is 0. The van der Waals surface area contributed by atoms with Gasteiger partial charge in [0.25, 0.3) is 11.8 Å². The van der Waals surface area contributed by atoms with Crippen LogP contribution < -0.4 is 9.64 Å². The van der Waals surface area contributed by atoms with Crippen LogP contribution in [0.1, 0.15) is 23.6 Å². The third kappa shape index (κ3) is 3.59. The van der Waals surface area contributed by atoms with Gasteiger partial charge in [-0.05, 0) is 44.0 Å². The first-order chi connectivity index (χ1) is 14.5. The SMILES string of the molecule is CCOc1cccc(N2C(=O)C(c3ccc(C)cc3C)=C(N3CCOCC3)C2=O)c1. The first-order valence-electron chi connectivity index (χ1n) is 10.3. The molecule has 0 aromatic heterocycles. The van der Waals surface area contributed by atoms with E-state index in [4.69, 9.17) is 9.47 Å². The van der Waals surface area contributed by atoms with E-state index in [1.54, 1.807) is 18.2 Å². The summed E-state index contributed by atoms with van der Waals surface area (Å²) < 4.78 is 11.0. The van der Waals surface area contributed by atoms with E-state index in [-0.39, 0.29) is 11.8 Å². The molecule has 4 rings (SSSR count). The number of morpholine rings is 1. The van der Waals surface area contributed by atoms with Crippen molar-refractivity contribution in [2.24, 2.45) is 0 Å². The number of ether oxygens (including phenoxy) is 2. The van der Waals surface area contributed by atoms with E-state index in [1.807, 2.05) is 49.9 Å². The van der Waals surface area contributed by atoms with Crippen LogP contribution >= 0.6 is 0 Å². The molecule has 0 spiro atoms. The average Bonchev–Trinajstić information content (AvgIpc) is 2.99. The summed E-state index contributed by atoms with van der Waals surface area (Å²) in [7, 11) is 0. The minimum absolute atomic E-state index is 0.300. The highest BCUT2D eigenvalue weighted by molar-refractivity contribution is 6.45. The number of hydrogen-bond donors (Lipinski definition) is 0. The molecule has 1 saturated heterocycles. The molecule has 1 fully saturated rings. The summed E-state index contributed by atoms with van der Waals surface area (Å²) in [4.78, 5) is 30.4. The predicted molar refractivity (Wildman–Crippen MR) is 115 cm³/mol. The van der Waals surface area contributed by atoms with Crippen LogP contribution in [-0.4, -0.2) is 49.6 Å². The number of imide groups is 1. The van der Waals surface area contributed by atoms with Gasteiger partial charge in [-0.15, -0.1) is 0 Å². The maximum Gasteiger partial charge on any atom is 0.282 e. The van der Waals surface area contributed by atoms with Gasteiger partial charge >= 0.3 is 0 Å². The molecule has 0 atom stereocenters. The van der Waals surface area contributed by atoms with Crippen LogP contribution in [0.25, 0.3) is 5.57 Å². The van der Waals surface area contributed by atoms with Crippen molar-refractivity contribution in [2.75, 3.05) is 37.8 Å². The Balaban J connectivity index is 1.82. The van der Waals surface area contributed by atoms with E-state index in [1.165, 1.54) is 4.90 Å². The fourth-order valence-corrected chi connectivity index (χ4v) is 4.05. The fourth-order valence-electron chi connectivity index (χ4n) is 4.05. The molecule has 0 radical (unpaired) electrons. The molecular formula is C24H26N2O4. The lowest BCUT2D eigenvalue weighted by atomic mass is 9.97. The highest BCUT2D eigenvalue weighted by Gasteiger charge is 2.43. The van der Waals surface area contributed by atoms with Crippen LogP contribution in [0, 0.1) is 13.8 Å². The van der Waals surface area contributed by atoms with Crippen molar-refractivity contribution in [2.45, 2.75) is 20.8 Å². The average molecular weight is 406 g/mol. The Morgan fingerprint density at radius 2 is 1.77 bits per heavy atom. The Bertz CT molecular complexity index is 1020. The number of amides is 2. The van der Waals surface area contributed by atoms with Crippen molar-refractivity contribution in [3.05, 3.63) is 64.9 Å². The molecular weight excluding hydrogens is 380 g/mol. The Labute approximate surface area is 176 Å². The molecule has 2 aromatic carbocycles. The summed E-state index contributed by atoms with van der Waals surface area (Å²) in [5, 5.41) is 0. The fraction of sp³-hybridized carbons (Fsp3) is 0.333. The van der Waals surface area contributed by atoms with Gasteiger partial charge in [-0.25, -0.2) is 4.90 Å². The van der Waals surface area contributed by atoms with E-state index in [0.717, 1.165) is 16.7 Å².